The molecule has 0 spiro atoms. The van der Waals surface area contributed by atoms with Gasteiger partial charge >= 0.3 is 0 Å². The Hall–Kier alpha value is -2.82. The maximum absolute atomic E-state index is 12.7. The van der Waals surface area contributed by atoms with Crippen LogP contribution >= 0.6 is 0 Å². The molecular formula is C21H24N2O3. The van der Waals surface area contributed by atoms with Gasteiger partial charge in [0.05, 0.1) is 18.2 Å². The van der Waals surface area contributed by atoms with E-state index in [-0.39, 0.29) is 24.2 Å². The van der Waals surface area contributed by atoms with Gasteiger partial charge in [0.25, 0.3) is 0 Å². The number of nitrogens with zero attached hydrogens (tertiary/aromatic N) is 1. The van der Waals surface area contributed by atoms with E-state index in [1.807, 2.05) is 63.2 Å². The number of benzene rings is 2. The normalized spacial score (nSPS) is 16.7. The van der Waals surface area contributed by atoms with Gasteiger partial charge in [-0.2, -0.15) is 0 Å². The van der Waals surface area contributed by atoms with E-state index < -0.39 is 0 Å². The van der Waals surface area contributed by atoms with E-state index in [1.54, 1.807) is 4.90 Å². The van der Waals surface area contributed by atoms with Gasteiger partial charge in [-0.25, -0.2) is 0 Å². The minimum absolute atomic E-state index is 0.0572. The van der Waals surface area contributed by atoms with Crippen LogP contribution in [0.1, 0.15) is 24.5 Å². The molecule has 5 nitrogen and oxygen atoms in total. The van der Waals surface area contributed by atoms with Gasteiger partial charge in [0.2, 0.25) is 11.8 Å². The molecule has 5 heteroatoms. The average molecular weight is 352 g/mol. The van der Waals surface area contributed by atoms with Crippen LogP contribution in [0.4, 0.5) is 11.4 Å². The fourth-order valence-corrected chi connectivity index (χ4v) is 3.20. The zero-order valence-electron chi connectivity index (χ0n) is 15.4. The minimum Gasteiger partial charge on any atom is -0.492 e. The Balaban J connectivity index is 1.75. The van der Waals surface area contributed by atoms with E-state index in [2.05, 4.69) is 5.32 Å². The summed E-state index contributed by atoms with van der Waals surface area (Å²) in [5.41, 5.74) is 3.69. The molecule has 1 fully saturated rings. The lowest BCUT2D eigenvalue weighted by molar-refractivity contribution is -0.122. The minimum atomic E-state index is -0.378. The second-order valence-electron chi connectivity index (χ2n) is 6.54. The van der Waals surface area contributed by atoms with Crippen molar-refractivity contribution in [2.45, 2.75) is 27.2 Å². The summed E-state index contributed by atoms with van der Waals surface area (Å²) >= 11 is 0. The largest absolute Gasteiger partial charge is 0.492 e. The third kappa shape index (κ3) is 3.57. The van der Waals surface area contributed by atoms with Crippen molar-refractivity contribution in [2.75, 3.05) is 23.4 Å². The molecule has 0 aliphatic carbocycles. The molecule has 1 heterocycles. The van der Waals surface area contributed by atoms with Crippen molar-refractivity contribution in [1.82, 2.24) is 0 Å². The average Bonchev–Trinajstić information content (AvgIpc) is 3.01. The summed E-state index contributed by atoms with van der Waals surface area (Å²) in [5.74, 6) is 0.109. The summed E-state index contributed by atoms with van der Waals surface area (Å²) in [5, 5.41) is 2.98. The van der Waals surface area contributed by atoms with Crippen molar-refractivity contribution in [3.8, 4) is 5.75 Å². The van der Waals surface area contributed by atoms with Gasteiger partial charge in [-0.05, 0) is 50.1 Å². The maximum Gasteiger partial charge on any atom is 0.229 e. The third-order valence-corrected chi connectivity index (χ3v) is 4.81. The van der Waals surface area contributed by atoms with Crippen LogP contribution in [0, 0.1) is 19.8 Å². The highest BCUT2D eigenvalue weighted by Gasteiger charge is 2.36. The number of nitrogens with one attached hydrogen (secondary N) is 1. The molecule has 3 rings (SSSR count). The molecule has 2 aromatic rings. The Morgan fingerprint density at radius 3 is 2.73 bits per heavy atom. The van der Waals surface area contributed by atoms with Gasteiger partial charge < -0.3 is 15.0 Å². The van der Waals surface area contributed by atoms with Gasteiger partial charge in [0.15, 0.2) is 0 Å². The lowest BCUT2D eigenvalue weighted by Gasteiger charge is -2.20. The Morgan fingerprint density at radius 1 is 1.19 bits per heavy atom. The number of carbonyl (C=O) groups is 2. The number of hydrogen-bond donors (Lipinski definition) is 1. The van der Waals surface area contributed by atoms with E-state index in [0.717, 1.165) is 22.5 Å². The predicted octanol–water partition coefficient (Wildman–Crippen LogP) is 3.69. The van der Waals surface area contributed by atoms with E-state index >= 15 is 0 Å². The molecule has 0 radical (unpaired) electrons. The van der Waals surface area contributed by atoms with E-state index in [4.69, 9.17) is 4.74 Å². The van der Waals surface area contributed by atoms with Crippen molar-refractivity contribution in [2.24, 2.45) is 5.92 Å². The molecular weight excluding hydrogens is 328 g/mol. The van der Waals surface area contributed by atoms with Crippen LogP contribution in [0.5, 0.6) is 5.75 Å². The van der Waals surface area contributed by atoms with Gasteiger partial charge in [0, 0.05) is 18.7 Å². The summed E-state index contributed by atoms with van der Waals surface area (Å²) in [6.07, 6.45) is 0.206. The van der Waals surface area contributed by atoms with E-state index in [0.29, 0.717) is 18.9 Å². The van der Waals surface area contributed by atoms with Crippen LogP contribution < -0.4 is 15.0 Å². The van der Waals surface area contributed by atoms with E-state index in [1.165, 1.54) is 0 Å². The Kier molecular flexibility index (Phi) is 5.26. The van der Waals surface area contributed by atoms with Crippen LogP contribution in [-0.2, 0) is 9.59 Å². The summed E-state index contributed by atoms with van der Waals surface area (Å²) < 4.78 is 5.62. The summed E-state index contributed by atoms with van der Waals surface area (Å²) in [7, 11) is 0. The Labute approximate surface area is 154 Å². The number of ether oxygens (including phenoxy) is 1. The molecule has 2 aromatic carbocycles. The summed E-state index contributed by atoms with van der Waals surface area (Å²) in [6.45, 7) is 6.78. The first-order valence-electron chi connectivity index (χ1n) is 8.90. The molecule has 1 aliphatic rings. The topological polar surface area (TPSA) is 58.6 Å². The van der Waals surface area contributed by atoms with Gasteiger partial charge in [-0.3, -0.25) is 9.59 Å². The molecule has 1 unspecified atom stereocenters. The first-order chi connectivity index (χ1) is 12.5. The SMILES string of the molecule is CCOc1ccccc1N1CC(C(=O)Nc2cccc(C)c2C)CC1=O. The molecule has 2 amide bonds. The summed E-state index contributed by atoms with van der Waals surface area (Å²) in [4.78, 5) is 26.9. The molecule has 1 saturated heterocycles. The zero-order chi connectivity index (χ0) is 18.7. The number of aryl methyl sites for hydroxylation is 1. The number of hydrogen-bond acceptors (Lipinski definition) is 3. The van der Waals surface area contributed by atoms with Crippen LogP contribution in [0.2, 0.25) is 0 Å². The van der Waals surface area contributed by atoms with Crippen molar-refractivity contribution in [3.05, 3.63) is 53.6 Å². The number of amides is 2. The first-order valence-corrected chi connectivity index (χ1v) is 8.90. The number of rotatable bonds is 5. The molecule has 1 aliphatic heterocycles. The molecule has 1 atom stereocenters. The Morgan fingerprint density at radius 2 is 1.96 bits per heavy atom. The van der Waals surface area contributed by atoms with Crippen LogP contribution in [0.25, 0.3) is 0 Å². The smallest absolute Gasteiger partial charge is 0.229 e. The van der Waals surface area contributed by atoms with Crippen molar-refractivity contribution >= 4 is 23.2 Å². The fraction of sp³-hybridized carbons (Fsp3) is 0.333. The van der Waals surface area contributed by atoms with Crippen molar-refractivity contribution in [3.63, 3.8) is 0 Å². The van der Waals surface area contributed by atoms with Crippen molar-refractivity contribution < 1.29 is 14.3 Å². The van der Waals surface area contributed by atoms with Crippen LogP contribution in [0.15, 0.2) is 42.5 Å². The lowest BCUT2D eigenvalue weighted by Crippen LogP contribution is -2.28. The van der Waals surface area contributed by atoms with Gasteiger partial charge in [0.1, 0.15) is 5.75 Å². The lowest BCUT2D eigenvalue weighted by atomic mass is 10.1. The van der Waals surface area contributed by atoms with Gasteiger partial charge in [-0.1, -0.05) is 24.3 Å². The van der Waals surface area contributed by atoms with Crippen LogP contribution in [-0.4, -0.2) is 25.0 Å². The molecule has 26 heavy (non-hydrogen) atoms. The Bertz CT molecular complexity index is 832. The molecule has 0 saturated carbocycles. The fourth-order valence-electron chi connectivity index (χ4n) is 3.20. The number of para-hydroxylation sites is 2. The zero-order valence-corrected chi connectivity index (χ0v) is 15.4. The molecule has 0 aromatic heterocycles. The maximum atomic E-state index is 12.7. The molecule has 0 bridgehead atoms. The monoisotopic (exact) mass is 352 g/mol. The second-order valence-corrected chi connectivity index (χ2v) is 6.54. The molecule has 1 N–H and O–H groups in total. The summed E-state index contributed by atoms with van der Waals surface area (Å²) in [6, 6.07) is 13.3. The molecule has 136 valence electrons. The quantitative estimate of drug-likeness (QED) is 0.893. The first kappa shape index (κ1) is 18.0. The third-order valence-electron chi connectivity index (χ3n) is 4.81. The standard InChI is InChI=1S/C21H24N2O3/c1-4-26-19-11-6-5-10-18(19)23-13-16(12-20(23)24)21(25)22-17-9-7-8-14(2)15(17)3/h5-11,16H,4,12-13H2,1-3H3,(H,22,25). The highest BCUT2D eigenvalue weighted by atomic mass is 16.5. The highest BCUT2D eigenvalue weighted by Crippen LogP contribution is 2.33. The van der Waals surface area contributed by atoms with Crippen molar-refractivity contribution in [1.29, 1.82) is 0 Å². The van der Waals surface area contributed by atoms with Crippen LogP contribution in [0.3, 0.4) is 0 Å². The highest BCUT2D eigenvalue weighted by molar-refractivity contribution is 6.04. The predicted molar refractivity (Wildman–Crippen MR) is 103 cm³/mol. The second kappa shape index (κ2) is 7.60. The van der Waals surface area contributed by atoms with Gasteiger partial charge in [-0.15, -0.1) is 0 Å². The number of anilines is 2. The number of carbonyl (C=O) groups excluding carboxylic acids is 2. The van der Waals surface area contributed by atoms with E-state index in [9.17, 15) is 9.59 Å².